The highest BCUT2D eigenvalue weighted by Gasteiger charge is 2.17. The molecule has 1 aromatic carbocycles. The SMILES string of the molecule is Cc1nc(-c2cnc(-c3ccc(F)cc3)c(C#N)c2)sc1C(=O)O. The number of thiazole rings is 1. The van der Waals surface area contributed by atoms with Crippen LogP contribution in [0.1, 0.15) is 20.9 Å². The van der Waals surface area contributed by atoms with Gasteiger partial charge in [0.05, 0.1) is 17.0 Å². The van der Waals surface area contributed by atoms with Gasteiger partial charge in [0.15, 0.2) is 0 Å². The Balaban J connectivity index is 2.07. The van der Waals surface area contributed by atoms with E-state index in [0.29, 0.717) is 33.1 Å². The van der Waals surface area contributed by atoms with Gasteiger partial charge in [-0.25, -0.2) is 14.2 Å². The molecule has 0 aliphatic carbocycles. The Bertz CT molecular complexity index is 974. The summed E-state index contributed by atoms with van der Waals surface area (Å²) in [6.45, 7) is 1.62. The molecule has 0 aliphatic heterocycles. The van der Waals surface area contributed by atoms with Gasteiger partial charge in [-0.2, -0.15) is 5.26 Å². The molecule has 0 amide bonds. The second-order valence-corrected chi connectivity index (χ2v) is 5.98. The number of benzene rings is 1. The van der Waals surface area contributed by atoms with Crippen molar-refractivity contribution in [3.8, 4) is 27.9 Å². The molecule has 0 atom stereocenters. The average Bonchev–Trinajstić information content (AvgIpc) is 2.97. The number of hydrogen-bond donors (Lipinski definition) is 1. The fraction of sp³-hybridized carbons (Fsp3) is 0.0588. The number of carboxylic acids is 1. The lowest BCUT2D eigenvalue weighted by Crippen LogP contribution is -1.94. The fourth-order valence-corrected chi connectivity index (χ4v) is 3.11. The van der Waals surface area contributed by atoms with E-state index in [4.69, 9.17) is 5.11 Å². The molecule has 0 saturated heterocycles. The zero-order valence-corrected chi connectivity index (χ0v) is 13.3. The third-order valence-corrected chi connectivity index (χ3v) is 4.56. The Morgan fingerprint density at radius 2 is 2.00 bits per heavy atom. The maximum absolute atomic E-state index is 13.0. The molecule has 118 valence electrons. The Morgan fingerprint density at radius 1 is 1.29 bits per heavy atom. The van der Waals surface area contributed by atoms with Crippen molar-refractivity contribution < 1.29 is 14.3 Å². The highest BCUT2D eigenvalue weighted by Crippen LogP contribution is 2.30. The summed E-state index contributed by atoms with van der Waals surface area (Å²) in [5.74, 6) is -1.40. The zero-order valence-electron chi connectivity index (χ0n) is 12.4. The van der Waals surface area contributed by atoms with E-state index in [2.05, 4.69) is 16.0 Å². The van der Waals surface area contributed by atoms with Crippen LogP contribution in [0.2, 0.25) is 0 Å². The zero-order chi connectivity index (χ0) is 17.3. The predicted molar refractivity (Wildman–Crippen MR) is 87.2 cm³/mol. The van der Waals surface area contributed by atoms with Crippen LogP contribution in [0.5, 0.6) is 0 Å². The molecule has 0 saturated carbocycles. The van der Waals surface area contributed by atoms with Gasteiger partial charge in [0, 0.05) is 17.3 Å². The first-order valence-corrected chi connectivity index (χ1v) is 7.68. The number of hydrogen-bond acceptors (Lipinski definition) is 5. The van der Waals surface area contributed by atoms with E-state index >= 15 is 0 Å². The number of nitrogens with zero attached hydrogens (tertiary/aromatic N) is 3. The lowest BCUT2D eigenvalue weighted by Gasteiger charge is -2.05. The summed E-state index contributed by atoms with van der Waals surface area (Å²) in [5.41, 5.74) is 2.36. The molecule has 3 rings (SSSR count). The van der Waals surface area contributed by atoms with E-state index in [1.54, 1.807) is 25.1 Å². The lowest BCUT2D eigenvalue weighted by atomic mass is 10.1. The summed E-state index contributed by atoms with van der Waals surface area (Å²) in [7, 11) is 0. The minimum atomic E-state index is -1.03. The van der Waals surface area contributed by atoms with Crippen LogP contribution >= 0.6 is 11.3 Å². The monoisotopic (exact) mass is 339 g/mol. The molecule has 2 aromatic heterocycles. The molecule has 0 aliphatic rings. The highest BCUT2D eigenvalue weighted by atomic mass is 32.1. The Kier molecular flexibility index (Phi) is 4.06. The second kappa shape index (κ2) is 6.18. The van der Waals surface area contributed by atoms with Crippen LogP contribution in [-0.4, -0.2) is 21.0 Å². The van der Waals surface area contributed by atoms with Crippen molar-refractivity contribution in [3.63, 3.8) is 0 Å². The molecule has 3 aromatic rings. The van der Waals surface area contributed by atoms with Gasteiger partial charge in [0.25, 0.3) is 0 Å². The smallest absolute Gasteiger partial charge is 0.347 e. The number of halogens is 1. The summed E-state index contributed by atoms with van der Waals surface area (Å²) in [6, 6.07) is 9.38. The molecule has 2 heterocycles. The van der Waals surface area contributed by atoms with Gasteiger partial charge in [0.2, 0.25) is 0 Å². The Morgan fingerprint density at radius 3 is 2.58 bits per heavy atom. The number of aromatic carboxylic acids is 1. The van der Waals surface area contributed by atoms with E-state index in [0.717, 1.165) is 11.3 Å². The third-order valence-electron chi connectivity index (χ3n) is 3.36. The molecule has 1 N–H and O–H groups in total. The topological polar surface area (TPSA) is 86.9 Å². The van der Waals surface area contributed by atoms with E-state index in [1.165, 1.54) is 18.3 Å². The molecular formula is C17H10FN3O2S. The van der Waals surface area contributed by atoms with Crippen LogP contribution in [0.3, 0.4) is 0 Å². The van der Waals surface area contributed by atoms with Gasteiger partial charge >= 0.3 is 5.97 Å². The van der Waals surface area contributed by atoms with Gasteiger partial charge in [-0.3, -0.25) is 4.98 Å². The van der Waals surface area contributed by atoms with Crippen LogP contribution in [0.15, 0.2) is 36.5 Å². The molecule has 7 heteroatoms. The van der Waals surface area contributed by atoms with Crippen LogP contribution in [0.25, 0.3) is 21.8 Å². The van der Waals surface area contributed by atoms with E-state index in [1.807, 2.05) is 0 Å². The lowest BCUT2D eigenvalue weighted by molar-refractivity contribution is 0.0701. The summed E-state index contributed by atoms with van der Waals surface area (Å²) < 4.78 is 13.0. The van der Waals surface area contributed by atoms with Crippen molar-refractivity contribution in [1.82, 2.24) is 9.97 Å². The van der Waals surface area contributed by atoms with Crippen LogP contribution < -0.4 is 0 Å². The van der Waals surface area contributed by atoms with Gasteiger partial charge in [-0.1, -0.05) is 0 Å². The second-order valence-electron chi connectivity index (χ2n) is 4.98. The van der Waals surface area contributed by atoms with Crippen molar-refractivity contribution in [1.29, 1.82) is 5.26 Å². The Hall–Kier alpha value is -3.11. The third kappa shape index (κ3) is 2.87. The minimum absolute atomic E-state index is 0.158. The first-order valence-electron chi connectivity index (χ1n) is 6.86. The number of rotatable bonds is 3. The number of carboxylic acid groups (broad SMARTS) is 1. The standard InChI is InChI=1S/C17H10FN3O2S/c1-9-15(17(22)23)24-16(21-9)12-6-11(7-19)14(20-8-12)10-2-4-13(18)5-3-10/h2-6,8H,1H3,(H,22,23). The molecule has 0 unspecified atom stereocenters. The molecule has 5 nitrogen and oxygen atoms in total. The van der Waals surface area contributed by atoms with Crippen molar-refractivity contribution in [2.45, 2.75) is 6.92 Å². The number of aryl methyl sites for hydroxylation is 1. The van der Waals surface area contributed by atoms with Crippen molar-refractivity contribution in [2.75, 3.05) is 0 Å². The van der Waals surface area contributed by atoms with Gasteiger partial charge < -0.3 is 5.11 Å². The average molecular weight is 339 g/mol. The minimum Gasteiger partial charge on any atom is -0.477 e. The van der Waals surface area contributed by atoms with Crippen molar-refractivity contribution in [2.24, 2.45) is 0 Å². The maximum Gasteiger partial charge on any atom is 0.347 e. The first kappa shape index (κ1) is 15.8. The van der Waals surface area contributed by atoms with Gasteiger partial charge in [-0.15, -0.1) is 11.3 Å². The summed E-state index contributed by atoms with van der Waals surface area (Å²) in [4.78, 5) is 19.8. The van der Waals surface area contributed by atoms with E-state index < -0.39 is 5.97 Å². The maximum atomic E-state index is 13.0. The molecule has 0 spiro atoms. The van der Waals surface area contributed by atoms with Crippen LogP contribution in [-0.2, 0) is 0 Å². The quantitative estimate of drug-likeness (QED) is 0.782. The molecule has 0 bridgehead atoms. The predicted octanol–water partition coefficient (Wildman–Crippen LogP) is 3.89. The summed E-state index contributed by atoms with van der Waals surface area (Å²) in [6.07, 6.45) is 1.53. The highest BCUT2D eigenvalue weighted by molar-refractivity contribution is 7.17. The number of carbonyl (C=O) groups is 1. The molecule has 0 fully saturated rings. The van der Waals surface area contributed by atoms with Gasteiger partial charge in [-0.05, 0) is 37.3 Å². The molecule has 0 radical (unpaired) electrons. The van der Waals surface area contributed by atoms with E-state index in [9.17, 15) is 14.4 Å². The molecule has 24 heavy (non-hydrogen) atoms. The fourth-order valence-electron chi connectivity index (χ4n) is 2.22. The Labute approximate surface area is 140 Å². The van der Waals surface area contributed by atoms with Crippen molar-refractivity contribution in [3.05, 3.63) is 58.5 Å². The summed E-state index contributed by atoms with van der Waals surface area (Å²) in [5, 5.41) is 19.0. The van der Waals surface area contributed by atoms with Crippen LogP contribution in [0.4, 0.5) is 4.39 Å². The largest absolute Gasteiger partial charge is 0.477 e. The molecular weight excluding hydrogens is 329 g/mol. The first-order chi connectivity index (χ1) is 11.5. The normalized spacial score (nSPS) is 10.4. The number of pyridine rings is 1. The van der Waals surface area contributed by atoms with E-state index in [-0.39, 0.29) is 10.7 Å². The summed E-state index contributed by atoms with van der Waals surface area (Å²) >= 11 is 1.03. The number of aromatic nitrogens is 2. The van der Waals surface area contributed by atoms with Crippen molar-refractivity contribution >= 4 is 17.3 Å². The van der Waals surface area contributed by atoms with Gasteiger partial charge in [0.1, 0.15) is 21.8 Å². The number of nitriles is 1. The van der Waals surface area contributed by atoms with Crippen LogP contribution in [0, 0.1) is 24.1 Å².